The van der Waals surface area contributed by atoms with Crippen LogP contribution < -0.4 is 4.78 Å². The third-order valence-electron chi connectivity index (χ3n) is 1.92. The van der Waals surface area contributed by atoms with Crippen LogP contribution in [0.3, 0.4) is 0 Å². The molecule has 0 aliphatic heterocycles. The molecule has 1 heterocycles. The van der Waals surface area contributed by atoms with E-state index in [1.54, 1.807) is 6.07 Å². The van der Waals surface area contributed by atoms with Gasteiger partial charge in [0.1, 0.15) is 7.85 Å². The third-order valence-corrected chi connectivity index (χ3v) is 3.50. The van der Waals surface area contributed by atoms with Gasteiger partial charge < -0.3 is 4.74 Å². The average molecular weight is 238 g/mol. The molecule has 0 aliphatic rings. The van der Waals surface area contributed by atoms with E-state index in [1.165, 1.54) is 18.4 Å². The quantitative estimate of drug-likeness (QED) is 0.375. The Morgan fingerprint density at radius 3 is 2.80 bits per heavy atom. The molecule has 1 unspecified atom stereocenters. The van der Waals surface area contributed by atoms with Crippen LogP contribution in [0.2, 0.25) is 0 Å². The van der Waals surface area contributed by atoms with Gasteiger partial charge in [-0.05, 0) is 11.7 Å². The van der Waals surface area contributed by atoms with Crippen molar-refractivity contribution >= 4 is 48.1 Å². The molecule has 78 valence electrons. The van der Waals surface area contributed by atoms with E-state index in [0.717, 1.165) is 10.4 Å². The lowest BCUT2D eigenvalue weighted by Crippen LogP contribution is -2.04. The maximum atomic E-state index is 11.3. The monoisotopic (exact) mass is 238 g/mol. The van der Waals surface area contributed by atoms with Crippen LogP contribution in [-0.2, 0) is 9.53 Å². The summed E-state index contributed by atoms with van der Waals surface area (Å²) in [5.74, 6) is -0.442. The van der Waals surface area contributed by atoms with Gasteiger partial charge in [0.15, 0.2) is 0 Å². The van der Waals surface area contributed by atoms with Crippen molar-refractivity contribution in [1.82, 2.24) is 0 Å². The second-order valence-electron chi connectivity index (χ2n) is 3.07. The van der Waals surface area contributed by atoms with Gasteiger partial charge in [-0.1, -0.05) is 12.6 Å². The number of hydrogen-bond donors (Lipinski definition) is 1. The summed E-state index contributed by atoms with van der Waals surface area (Å²) in [5.41, 5.74) is 1.05. The fraction of sp³-hybridized carbons (Fsp3) is 0.300. The van der Waals surface area contributed by atoms with Crippen LogP contribution in [0.5, 0.6) is 0 Å². The Bertz CT molecular complexity index is 396. The topological polar surface area (TPSA) is 26.3 Å². The minimum Gasteiger partial charge on any atom is -0.465 e. The number of methoxy groups -OCH3 is 1. The van der Waals surface area contributed by atoms with Gasteiger partial charge in [-0.2, -0.15) is 24.0 Å². The van der Waals surface area contributed by atoms with Crippen molar-refractivity contribution in [2.75, 3.05) is 7.11 Å². The van der Waals surface area contributed by atoms with Crippen LogP contribution in [0, 0.1) is 0 Å². The minimum atomic E-state index is -0.442. The molecule has 2 radical (unpaired) electrons. The van der Waals surface area contributed by atoms with Crippen molar-refractivity contribution < 1.29 is 9.53 Å². The van der Waals surface area contributed by atoms with E-state index in [0.29, 0.717) is 10.3 Å². The summed E-state index contributed by atoms with van der Waals surface area (Å²) in [7, 11) is 7.01. The van der Waals surface area contributed by atoms with Crippen molar-refractivity contribution in [3.8, 4) is 0 Å². The molecule has 0 fully saturated rings. The van der Waals surface area contributed by atoms with Gasteiger partial charge >= 0.3 is 5.97 Å². The molecule has 15 heavy (non-hydrogen) atoms. The summed E-state index contributed by atoms with van der Waals surface area (Å²) >= 11 is 5.74. The van der Waals surface area contributed by atoms with Crippen LogP contribution in [0.1, 0.15) is 22.6 Å². The first-order valence-corrected chi connectivity index (χ1v) is 5.65. The fourth-order valence-corrected chi connectivity index (χ4v) is 2.39. The molecule has 0 amide bonds. The first kappa shape index (κ1) is 12.4. The smallest absolute Gasteiger partial charge is 0.337 e. The van der Waals surface area contributed by atoms with Crippen molar-refractivity contribution in [3.05, 3.63) is 23.1 Å². The molecule has 5 heteroatoms. The molecule has 1 rings (SSSR count). The highest BCUT2D eigenvalue weighted by Gasteiger charge is 2.18. The number of ether oxygens (including phenoxy) is 1. The number of thiophene rings is 1. The van der Waals surface area contributed by atoms with Crippen molar-refractivity contribution in [2.24, 2.45) is 0 Å². The second-order valence-corrected chi connectivity index (χ2v) is 4.96. The maximum Gasteiger partial charge on any atom is 0.337 e. The summed E-state index contributed by atoms with van der Waals surface area (Å²) < 4.78 is 5.26. The summed E-state index contributed by atoms with van der Waals surface area (Å²) in [6.07, 6.45) is 0. The molecule has 1 aromatic heterocycles. The molecule has 1 atom stereocenters. The van der Waals surface area contributed by atoms with E-state index in [2.05, 4.69) is 23.9 Å². The van der Waals surface area contributed by atoms with Crippen molar-refractivity contribution in [2.45, 2.75) is 12.2 Å². The van der Waals surface area contributed by atoms with E-state index >= 15 is 0 Å². The highest BCUT2D eigenvalue weighted by Crippen LogP contribution is 2.31. The molecule has 1 aromatic rings. The standard InChI is InChI=1S/C10H11BO2S2/c1-5(10(12)13-3)7-4-8(11)15-9(7)6(2)14/h4,6,14H,1H2,2-3H3. The van der Waals surface area contributed by atoms with Crippen LogP contribution >= 0.6 is 24.0 Å². The molecule has 0 N–H and O–H groups in total. The first-order chi connectivity index (χ1) is 6.97. The van der Waals surface area contributed by atoms with E-state index in [9.17, 15) is 4.79 Å². The molecule has 0 bridgehead atoms. The Morgan fingerprint density at radius 1 is 1.73 bits per heavy atom. The number of esters is 1. The van der Waals surface area contributed by atoms with E-state index in [1.807, 2.05) is 6.92 Å². The van der Waals surface area contributed by atoms with Gasteiger partial charge in [0, 0.05) is 15.7 Å². The summed E-state index contributed by atoms with van der Waals surface area (Å²) in [6, 6.07) is 1.73. The normalized spacial score (nSPS) is 12.2. The minimum absolute atomic E-state index is 0.0173. The van der Waals surface area contributed by atoms with Crippen LogP contribution in [-0.4, -0.2) is 20.9 Å². The lowest BCUT2D eigenvalue weighted by atomic mass is 10.0. The molecule has 0 saturated heterocycles. The zero-order chi connectivity index (χ0) is 11.6. The lowest BCUT2D eigenvalue weighted by Gasteiger charge is -2.07. The van der Waals surface area contributed by atoms with Gasteiger partial charge in [-0.25, -0.2) is 4.79 Å². The number of hydrogen-bond acceptors (Lipinski definition) is 4. The van der Waals surface area contributed by atoms with Crippen LogP contribution in [0.15, 0.2) is 12.6 Å². The molecule has 2 nitrogen and oxygen atoms in total. The predicted octanol–water partition coefficient (Wildman–Crippen LogP) is 1.72. The maximum absolute atomic E-state index is 11.3. The van der Waals surface area contributed by atoms with Gasteiger partial charge in [0.25, 0.3) is 0 Å². The first-order valence-electron chi connectivity index (χ1n) is 4.32. The van der Waals surface area contributed by atoms with E-state index in [4.69, 9.17) is 7.85 Å². The summed E-state index contributed by atoms with van der Waals surface area (Å²) in [4.78, 5) is 12.2. The average Bonchev–Trinajstić information content (AvgIpc) is 2.58. The third kappa shape index (κ3) is 2.66. The van der Waals surface area contributed by atoms with Gasteiger partial charge in [-0.15, -0.1) is 0 Å². The molecular weight excluding hydrogens is 227 g/mol. The van der Waals surface area contributed by atoms with Crippen molar-refractivity contribution in [3.63, 3.8) is 0 Å². The Kier molecular flexibility index (Phi) is 4.05. The number of carbonyl (C=O) groups is 1. The Morgan fingerprint density at radius 2 is 2.33 bits per heavy atom. The van der Waals surface area contributed by atoms with E-state index < -0.39 is 5.97 Å². The Labute approximate surface area is 100 Å². The summed E-state index contributed by atoms with van der Waals surface area (Å²) in [5, 5.41) is 0.0173. The molecule has 0 aromatic carbocycles. The van der Waals surface area contributed by atoms with E-state index in [-0.39, 0.29) is 5.25 Å². The SMILES string of the molecule is [B]c1cc(C(=C)C(=O)OC)c(C(C)S)s1. The molecule has 0 spiro atoms. The summed E-state index contributed by atoms with van der Waals surface area (Å²) in [6.45, 7) is 5.61. The predicted molar refractivity (Wildman–Crippen MR) is 68.2 cm³/mol. The van der Waals surface area contributed by atoms with Gasteiger partial charge in [-0.3, -0.25) is 0 Å². The second kappa shape index (κ2) is 4.90. The molecular formula is C10H11BO2S2. The number of thiol groups is 1. The van der Waals surface area contributed by atoms with Gasteiger partial charge in [0.2, 0.25) is 0 Å². The number of carbonyl (C=O) groups excluding carboxylic acids is 1. The molecule has 0 saturated carbocycles. The Hall–Kier alpha value is -0.675. The molecule has 0 aliphatic carbocycles. The number of rotatable bonds is 3. The largest absolute Gasteiger partial charge is 0.465 e. The lowest BCUT2D eigenvalue weighted by molar-refractivity contribution is -0.133. The van der Waals surface area contributed by atoms with Gasteiger partial charge in [0.05, 0.1) is 12.7 Å². The van der Waals surface area contributed by atoms with Crippen LogP contribution in [0.25, 0.3) is 5.57 Å². The highest BCUT2D eigenvalue weighted by molar-refractivity contribution is 7.80. The zero-order valence-corrected chi connectivity index (χ0v) is 10.3. The zero-order valence-electron chi connectivity index (χ0n) is 8.61. The fourth-order valence-electron chi connectivity index (χ4n) is 1.20. The van der Waals surface area contributed by atoms with Crippen molar-refractivity contribution in [1.29, 1.82) is 0 Å². The van der Waals surface area contributed by atoms with Crippen LogP contribution in [0.4, 0.5) is 0 Å². The highest BCUT2D eigenvalue weighted by atomic mass is 32.1. The Balaban J connectivity index is 3.13.